The molecular formula is C20H18N4O4S. The minimum absolute atomic E-state index is 0.00132. The fourth-order valence-electron chi connectivity index (χ4n) is 2.44. The van der Waals surface area contributed by atoms with Gasteiger partial charge in [0.15, 0.2) is 0 Å². The Morgan fingerprint density at radius 1 is 0.931 bits per heavy atom. The highest BCUT2D eigenvalue weighted by atomic mass is 32.2. The lowest BCUT2D eigenvalue weighted by molar-refractivity contribution is -0.114. The van der Waals surface area contributed by atoms with Crippen LogP contribution in [0.1, 0.15) is 17.3 Å². The van der Waals surface area contributed by atoms with E-state index >= 15 is 0 Å². The molecule has 0 aliphatic rings. The molecule has 8 nitrogen and oxygen atoms in total. The first-order chi connectivity index (χ1) is 13.9. The Morgan fingerprint density at radius 2 is 1.55 bits per heavy atom. The standard InChI is InChI=1S/C20H18N4O4S/c1-13(25)22-14-6-10-17(11-7-14)29-20-18(3-2-12-21-20)19(26)23-15-4-8-16(9-5-15)24(27)28/h2-12,27-28H,1H3,(H,22,25)(H,23,26). The minimum Gasteiger partial charge on any atom is -0.326 e. The number of carbonyl (C=O) groups excluding carboxylic acids is 2. The zero-order chi connectivity index (χ0) is 20.8. The number of amides is 2. The van der Waals surface area contributed by atoms with E-state index in [-0.39, 0.29) is 22.7 Å². The fourth-order valence-corrected chi connectivity index (χ4v) is 3.32. The normalized spacial score (nSPS) is 10.3. The number of hydrogen-bond acceptors (Lipinski definition) is 7. The molecule has 2 amide bonds. The smallest absolute Gasteiger partial charge is 0.258 e. The molecule has 148 valence electrons. The Hall–Kier alpha value is -3.40. The first kappa shape index (κ1) is 20.3. The summed E-state index contributed by atoms with van der Waals surface area (Å²) in [4.78, 5) is 29.0. The number of rotatable bonds is 6. The van der Waals surface area contributed by atoms with Crippen LogP contribution in [0.15, 0.2) is 76.8 Å². The number of anilines is 3. The number of pyridine rings is 1. The molecule has 0 saturated heterocycles. The summed E-state index contributed by atoms with van der Waals surface area (Å²) in [5, 5.41) is 24.0. The molecular weight excluding hydrogens is 392 g/mol. The van der Waals surface area contributed by atoms with Crippen LogP contribution in [0.4, 0.5) is 17.1 Å². The molecule has 0 saturated carbocycles. The van der Waals surface area contributed by atoms with Gasteiger partial charge in [0, 0.05) is 29.4 Å². The van der Waals surface area contributed by atoms with Crippen LogP contribution in [0.5, 0.6) is 0 Å². The Bertz CT molecular complexity index is 1010. The van der Waals surface area contributed by atoms with Crippen LogP contribution < -0.4 is 15.9 Å². The van der Waals surface area contributed by atoms with Gasteiger partial charge in [-0.05, 0) is 60.7 Å². The van der Waals surface area contributed by atoms with Gasteiger partial charge >= 0.3 is 0 Å². The van der Waals surface area contributed by atoms with Crippen molar-refractivity contribution in [3.05, 3.63) is 72.4 Å². The van der Waals surface area contributed by atoms with E-state index in [4.69, 9.17) is 10.4 Å². The third kappa shape index (κ3) is 5.55. The molecule has 0 unspecified atom stereocenters. The second-order valence-electron chi connectivity index (χ2n) is 5.95. The van der Waals surface area contributed by atoms with E-state index in [1.165, 1.54) is 30.8 Å². The minimum atomic E-state index is -0.340. The molecule has 2 aromatic carbocycles. The second kappa shape index (κ2) is 9.20. The lowest BCUT2D eigenvalue weighted by atomic mass is 10.2. The van der Waals surface area contributed by atoms with Crippen molar-refractivity contribution < 1.29 is 20.0 Å². The van der Waals surface area contributed by atoms with Gasteiger partial charge in [0.25, 0.3) is 5.91 Å². The number of carbonyl (C=O) groups is 2. The lowest BCUT2D eigenvalue weighted by Gasteiger charge is -2.11. The monoisotopic (exact) mass is 410 g/mol. The molecule has 29 heavy (non-hydrogen) atoms. The van der Waals surface area contributed by atoms with Crippen molar-refractivity contribution in [1.82, 2.24) is 4.98 Å². The van der Waals surface area contributed by atoms with Crippen LogP contribution in [-0.4, -0.2) is 27.2 Å². The Labute approximate surface area is 171 Å². The van der Waals surface area contributed by atoms with Gasteiger partial charge in [-0.3, -0.25) is 20.0 Å². The van der Waals surface area contributed by atoms with Crippen molar-refractivity contribution >= 4 is 40.6 Å². The highest BCUT2D eigenvalue weighted by Crippen LogP contribution is 2.30. The van der Waals surface area contributed by atoms with Crippen molar-refractivity contribution in [3.8, 4) is 0 Å². The first-order valence-corrected chi connectivity index (χ1v) is 9.34. The van der Waals surface area contributed by atoms with Crippen molar-refractivity contribution in [3.63, 3.8) is 0 Å². The van der Waals surface area contributed by atoms with Crippen LogP contribution in [0.3, 0.4) is 0 Å². The molecule has 1 aromatic heterocycles. The third-order valence-electron chi connectivity index (χ3n) is 3.76. The SMILES string of the molecule is CC(=O)Nc1ccc(Sc2ncccc2C(=O)Nc2ccc(N(O)O)cc2)cc1. The molecule has 9 heteroatoms. The molecule has 0 spiro atoms. The molecule has 0 radical (unpaired) electrons. The van der Waals surface area contributed by atoms with E-state index in [0.29, 0.717) is 22.0 Å². The largest absolute Gasteiger partial charge is 0.326 e. The predicted octanol–water partition coefficient (Wildman–Crippen LogP) is 4.03. The molecule has 1 heterocycles. The summed E-state index contributed by atoms with van der Waals surface area (Å²) in [5.41, 5.74) is 1.76. The molecule has 4 N–H and O–H groups in total. The highest BCUT2D eigenvalue weighted by molar-refractivity contribution is 7.99. The van der Waals surface area contributed by atoms with E-state index < -0.39 is 0 Å². The number of nitrogens with one attached hydrogen (secondary N) is 2. The van der Waals surface area contributed by atoms with Crippen LogP contribution in [0.2, 0.25) is 0 Å². The molecule has 0 fully saturated rings. The Balaban J connectivity index is 1.74. The molecule has 3 aromatic rings. The topological polar surface area (TPSA) is 115 Å². The van der Waals surface area contributed by atoms with Gasteiger partial charge in [-0.1, -0.05) is 11.8 Å². The Kier molecular flexibility index (Phi) is 6.45. The highest BCUT2D eigenvalue weighted by Gasteiger charge is 2.14. The van der Waals surface area contributed by atoms with Gasteiger partial charge in [0.05, 0.1) is 11.3 Å². The summed E-state index contributed by atoms with van der Waals surface area (Å²) in [7, 11) is 0. The predicted molar refractivity (Wildman–Crippen MR) is 110 cm³/mol. The number of hydrogen-bond donors (Lipinski definition) is 4. The fraction of sp³-hybridized carbons (Fsp3) is 0.0500. The maximum Gasteiger partial charge on any atom is 0.258 e. The maximum absolute atomic E-state index is 12.7. The van der Waals surface area contributed by atoms with Crippen LogP contribution in [0.25, 0.3) is 0 Å². The molecule has 0 aliphatic carbocycles. The van der Waals surface area contributed by atoms with E-state index in [1.54, 1.807) is 42.6 Å². The van der Waals surface area contributed by atoms with E-state index in [1.807, 2.05) is 12.1 Å². The summed E-state index contributed by atoms with van der Waals surface area (Å²) >= 11 is 1.33. The van der Waals surface area contributed by atoms with E-state index in [0.717, 1.165) is 4.90 Å². The average molecular weight is 410 g/mol. The van der Waals surface area contributed by atoms with Gasteiger partial charge in [-0.15, -0.1) is 5.23 Å². The van der Waals surface area contributed by atoms with Crippen molar-refractivity contribution in [2.24, 2.45) is 0 Å². The first-order valence-electron chi connectivity index (χ1n) is 8.52. The zero-order valence-electron chi connectivity index (χ0n) is 15.4. The van der Waals surface area contributed by atoms with E-state index in [2.05, 4.69) is 15.6 Å². The summed E-state index contributed by atoms with van der Waals surface area (Å²) in [6, 6.07) is 16.6. The third-order valence-corrected chi connectivity index (χ3v) is 4.79. The summed E-state index contributed by atoms with van der Waals surface area (Å²) < 4.78 is 0. The lowest BCUT2D eigenvalue weighted by Crippen LogP contribution is -2.14. The van der Waals surface area contributed by atoms with Crippen molar-refractivity contribution in [1.29, 1.82) is 0 Å². The van der Waals surface area contributed by atoms with Gasteiger partial charge in [0.1, 0.15) is 5.03 Å². The van der Waals surface area contributed by atoms with Gasteiger partial charge in [-0.2, -0.15) is 0 Å². The maximum atomic E-state index is 12.7. The van der Waals surface area contributed by atoms with Crippen LogP contribution in [-0.2, 0) is 4.79 Å². The molecule has 0 bridgehead atoms. The van der Waals surface area contributed by atoms with Gasteiger partial charge in [0.2, 0.25) is 5.91 Å². The Morgan fingerprint density at radius 3 is 2.17 bits per heavy atom. The van der Waals surface area contributed by atoms with Gasteiger partial charge in [-0.25, -0.2) is 4.98 Å². The van der Waals surface area contributed by atoms with Crippen LogP contribution in [0, 0.1) is 0 Å². The number of nitrogens with zero attached hydrogens (tertiary/aromatic N) is 2. The van der Waals surface area contributed by atoms with E-state index in [9.17, 15) is 9.59 Å². The van der Waals surface area contributed by atoms with Crippen molar-refractivity contribution in [2.45, 2.75) is 16.8 Å². The number of benzene rings is 2. The average Bonchev–Trinajstić information content (AvgIpc) is 2.70. The zero-order valence-corrected chi connectivity index (χ0v) is 16.2. The number of aromatic nitrogens is 1. The summed E-state index contributed by atoms with van der Waals surface area (Å²) in [5.74, 6) is -0.485. The molecule has 0 atom stereocenters. The van der Waals surface area contributed by atoms with Crippen molar-refractivity contribution in [2.75, 3.05) is 15.9 Å². The van der Waals surface area contributed by atoms with Gasteiger partial charge < -0.3 is 10.6 Å². The van der Waals surface area contributed by atoms with Crippen LogP contribution >= 0.6 is 11.8 Å². The summed E-state index contributed by atoms with van der Waals surface area (Å²) in [6.07, 6.45) is 1.61. The summed E-state index contributed by atoms with van der Waals surface area (Å²) in [6.45, 7) is 1.44. The quantitative estimate of drug-likeness (QED) is 0.454. The molecule has 3 rings (SSSR count). The second-order valence-corrected chi connectivity index (χ2v) is 7.02. The molecule has 0 aliphatic heterocycles.